The quantitative estimate of drug-likeness (QED) is 0.804. The van der Waals surface area contributed by atoms with Crippen molar-refractivity contribution in [3.8, 4) is 0 Å². The summed E-state index contributed by atoms with van der Waals surface area (Å²) in [5.74, 6) is 0. The summed E-state index contributed by atoms with van der Waals surface area (Å²) < 4.78 is 0. The van der Waals surface area contributed by atoms with Gasteiger partial charge in [0.15, 0.2) is 0 Å². The van der Waals surface area contributed by atoms with Crippen LogP contribution in [0.2, 0.25) is 10.0 Å². The van der Waals surface area contributed by atoms with Crippen LogP contribution in [0.3, 0.4) is 0 Å². The van der Waals surface area contributed by atoms with Crippen LogP contribution in [0, 0.1) is 0 Å². The Morgan fingerprint density at radius 1 is 1.31 bits per heavy atom. The van der Waals surface area contributed by atoms with Crippen molar-refractivity contribution in [2.75, 3.05) is 6.61 Å². The third-order valence-electron chi connectivity index (χ3n) is 1.72. The lowest BCUT2D eigenvalue weighted by atomic mass is 10.1. The van der Waals surface area contributed by atoms with Crippen LogP contribution < -0.4 is 0 Å². The lowest BCUT2D eigenvalue weighted by Gasteiger charge is -2.02. The fourth-order valence-electron chi connectivity index (χ4n) is 1.04. The first-order valence-electron chi connectivity index (χ1n) is 3.87. The third-order valence-corrected chi connectivity index (χ3v) is 2.15. The van der Waals surface area contributed by atoms with E-state index in [0.717, 1.165) is 11.1 Å². The maximum Gasteiger partial charge on any atom is 0.0618 e. The summed E-state index contributed by atoms with van der Waals surface area (Å²) in [5, 5.41) is 9.90. The Hall–Kier alpha value is -0.500. The topological polar surface area (TPSA) is 20.2 Å². The number of allylic oxidation sites excluding steroid dienone is 1. The number of halogens is 2. The molecule has 70 valence electrons. The molecule has 0 fully saturated rings. The van der Waals surface area contributed by atoms with Gasteiger partial charge in [0.25, 0.3) is 0 Å². The molecule has 0 aromatic heterocycles. The molecule has 0 heterocycles. The zero-order valence-electron chi connectivity index (χ0n) is 7.22. The van der Waals surface area contributed by atoms with E-state index in [1.165, 1.54) is 0 Å². The molecule has 0 bridgehead atoms. The second-order valence-corrected chi connectivity index (χ2v) is 3.60. The summed E-state index contributed by atoms with van der Waals surface area (Å²) in [6.07, 6.45) is 1.71. The average Bonchev–Trinajstić information content (AvgIpc) is 2.03. The molecule has 0 radical (unpaired) electrons. The van der Waals surface area contributed by atoms with Crippen molar-refractivity contribution in [2.24, 2.45) is 0 Å². The predicted octanol–water partition coefficient (Wildman–Crippen LogP) is 3.39. The first-order chi connectivity index (χ1) is 6.13. The molecule has 0 amide bonds. The van der Waals surface area contributed by atoms with E-state index in [-0.39, 0.29) is 6.61 Å². The van der Waals surface area contributed by atoms with Gasteiger partial charge in [-0.3, -0.25) is 0 Å². The Morgan fingerprint density at radius 2 is 1.85 bits per heavy atom. The largest absolute Gasteiger partial charge is 0.392 e. The molecule has 0 aliphatic carbocycles. The zero-order chi connectivity index (χ0) is 9.84. The lowest BCUT2D eigenvalue weighted by Crippen LogP contribution is -1.82. The molecular weight excluding hydrogens is 207 g/mol. The fourth-order valence-corrected chi connectivity index (χ4v) is 1.56. The smallest absolute Gasteiger partial charge is 0.0618 e. The highest BCUT2D eigenvalue weighted by atomic mass is 35.5. The van der Waals surface area contributed by atoms with Crippen molar-refractivity contribution in [3.05, 3.63) is 39.9 Å². The fraction of sp³-hybridized carbons (Fsp3) is 0.200. The van der Waals surface area contributed by atoms with Crippen molar-refractivity contribution in [2.45, 2.75) is 6.92 Å². The highest BCUT2D eigenvalue weighted by Gasteiger charge is 1.99. The molecule has 0 aliphatic heterocycles. The first kappa shape index (κ1) is 10.6. The van der Waals surface area contributed by atoms with Gasteiger partial charge in [-0.1, -0.05) is 29.3 Å². The summed E-state index contributed by atoms with van der Waals surface area (Å²) in [6.45, 7) is 1.92. The van der Waals surface area contributed by atoms with Gasteiger partial charge in [-0.25, -0.2) is 0 Å². The van der Waals surface area contributed by atoms with Crippen LogP contribution in [0.1, 0.15) is 12.5 Å². The van der Waals surface area contributed by atoms with Crippen molar-refractivity contribution in [3.63, 3.8) is 0 Å². The summed E-state index contributed by atoms with van der Waals surface area (Å²) in [4.78, 5) is 0. The van der Waals surface area contributed by atoms with Gasteiger partial charge in [-0.2, -0.15) is 0 Å². The second-order valence-electron chi connectivity index (χ2n) is 2.73. The number of benzene rings is 1. The number of hydrogen-bond donors (Lipinski definition) is 1. The molecule has 13 heavy (non-hydrogen) atoms. The van der Waals surface area contributed by atoms with Gasteiger partial charge in [0, 0.05) is 10.0 Å². The molecule has 0 saturated heterocycles. The van der Waals surface area contributed by atoms with Gasteiger partial charge in [0.05, 0.1) is 6.61 Å². The molecule has 0 spiro atoms. The van der Waals surface area contributed by atoms with E-state index >= 15 is 0 Å². The monoisotopic (exact) mass is 216 g/mol. The average molecular weight is 217 g/mol. The number of aliphatic hydroxyl groups is 1. The third kappa shape index (κ3) is 3.03. The van der Waals surface area contributed by atoms with Gasteiger partial charge in [0.2, 0.25) is 0 Å². The van der Waals surface area contributed by atoms with Crippen molar-refractivity contribution >= 4 is 28.8 Å². The van der Waals surface area contributed by atoms with Crippen molar-refractivity contribution in [1.82, 2.24) is 0 Å². The molecule has 1 nitrogen and oxygen atoms in total. The van der Waals surface area contributed by atoms with E-state index in [4.69, 9.17) is 28.3 Å². The summed E-state index contributed by atoms with van der Waals surface area (Å²) >= 11 is 11.6. The molecule has 1 N–H and O–H groups in total. The van der Waals surface area contributed by atoms with Gasteiger partial charge < -0.3 is 5.11 Å². The van der Waals surface area contributed by atoms with Gasteiger partial charge in [-0.15, -0.1) is 0 Å². The van der Waals surface area contributed by atoms with Crippen LogP contribution in [0.15, 0.2) is 24.3 Å². The Morgan fingerprint density at radius 3 is 2.31 bits per heavy atom. The molecule has 1 rings (SSSR count). The van der Waals surface area contributed by atoms with Crippen LogP contribution in [-0.4, -0.2) is 11.7 Å². The molecule has 3 heteroatoms. The van der Waals surface area contributed by atoms with Gasteiger partial charge in [-0.05, 0) is 36.3 Å². The highest BCUT2D eigenvalue weighted by molar-refractivity contribution is 6.34. The lowest BCUT2D eigenvalue weighted by molar-refractivity contribution is 0.343. The van der Waals surface area contributed by atoms with Crippen LogP contribution in [0.5, 0.6) is 0 Å². The number of rotatable bonds is 2. The number of hydrogen-bond acceptors (Lipinski definition) is 1. The van der Waals surface area contributed by atoms with Gasteiger partial charge >= 0.3 is 0 Å². The van der Waals surface area contributed by atoms with Gasteiger partial charge in [0.1, 0.15) is 0 Å². The predicted molar refractivity (Wildman–Crippen MR) is 57.2 cm³/mol. The second kappa shape index (κ2) is 4.66. The highest BCUT2D eigenvalue weighted by Crippen LogP contribution is 2.23. The first-order valence-corrected chi connectivity index (χ1v) is 4.63. The molecular formula is C10H10Cl2O. The van der Waals surface area contributed by atoms with E-state index in [9.17, 15) is 0 Å². The van der Waals surface area contributed by atoms with Crippen molar-refractivity contribution in [1.29, 1.82) is 0 Å². The molecule has 0 saturated carbocycles. The van der Waals surface area contributed by atoms with Crippen LogP contribution >= 0.6 is 23.2 Å². The molecule has 0 atom stereocenters. The van der Waals surface area contributed by atoms with Crippen LogP contribution in [0.25, 0.3) is 5.57 Å². The SMILES string of the molecule is C/C(=C/CO)c1cc(Cl)cc(Cl)c1. The maximum absolute atomic E-state index is 8.69. The van der Waals surface area contributed by atoms with E-state index in [2.05, 4.69) is 0 Å². The summed E-state index contributed by atoms with van der Waals surface area (Å²) in [7, 11) is 0. The Kier molecular flexibility index (Phi) is 3.79. The standard InChI is InChI=1S/C10H10Cl2O/c1-7(2-3-13)8-4-9(11)6-10(12)5-8/h2,4-6,13H,3H2,1H3/b7-2-. The molecule has 0 unspecified atom stereocenters. The van der Waals surface area contributed by atoms with Crippen LogP contribution in [-0.2, 0) is 0 Å². The minimum absolute atomic E-state index is 0.0238. The number of aliphatic hydroxyl groups excluding tert-OH is 1. The van der Waals surface area contributed by atoms with Crippen LogP contribution in [0.4, 0.5) is 0 Å². The Balaban J connectivity index is 3.08. The Labute approximate surface area is 87.6 Å². The van der Waals surface area contributed by atoms with Crippen molar-refractivity contribution < 1.29 is 5.11 Å². The zero-order valence-corrected chi connectivity index (χ0v) is 8.73. The normalized spacial score (nSPS) is 11.8. The molecule has 1 aromatic carbocycles. The van der Waals surface area contributed by atoms with E-state index in [1.807, 2.05) is 19.1 Å². The van der Waals surface area contributed by atoms with E-state index in [0.29, 0.717) is 10.0 Å². The maximum atomic E-state index is 8.69. The molecule has 1 aromatic rings. The van der Waals surface area contributed by atoms with E-state index < -0.39 is 0 Å². The van der Waals surface area contributed by atoms with E-state index in [1.54, 1.807) is 12.1 Å². The summed E-state index contributed by atoms with van der Waals surface area (Å²) in [6, 6.07) is 5.31. The minimum atomic E-state index is 0.0238. The Bertz CT molecular complexity index is 311. The summed E-state index contributed by atoms with van der Waals surface area (Å²) in [5.41, 5.74) is 1.90. The molecule has 0 aliphatic rings. The minimum Gasteiger partial charge on any atom is -0.392 e.